The van der Waals surface area contributed by atoms with Crippen LogP contribution in [0, 0.1) is 5.41 Å². The molecule has 33 heavy (non-hydrogen) atoms. The lowest BCUT2D eigenvalue weighted by Gasteiger charge is -2.41. The number of hydrogen-bond acceptors (Lipinski definition) is 5. The van der Waals surface area contributed by atoms with E-state index < -0.39 is 15.6 Å². The molecule has 0 aliphatic carbocycles. The zero-order chi connectivity index (χ0) is 23.9. The minimum absolute atomic E-state index is 0.0241. The predicted molar refractivity (Wildman–Crippen MR) is 130 cm³/mol. The van der Waals surface area contributed by atoms with Gasteiger partial charge in [0.05, 0.1) is 11.3 Å². The fourth-order valence-corrected chi connectivity index (χ4v) is 5.95. The first-order valence-corrected chi connectivity index (χ1v) is 12.7. The highest BCUT2D eigenvalue weighted by molar-refractivity contribution is 7.92. The highest BCUT2D eigenvalue weighted by Gasteiger charge is 2.37. The van der Waals surface area contributed by atoms with Crippen LogP contribution in [0.15, 0.2) is 52.4 Å². The Labute approximate surface area is 195 Å². The Morgan fingerprint density at radius 2 is 1.79 bits per heavy atom. The number of fused-ring (bicyclic) bond motifs is 1. The van der Waals surface area contributed by atoms with Crippen LogP contribution in [0.2, 0.25) is 0 Å². The Morgan fingerprint density at radius 1 is 1.12 bits per heavy atom. The fraction of sp³-hybridized carbons (Fsp3) is 0.440. The van der Waals surface area contributed by atoms with Gasteiger partial charge in [0.1, 0.15) is 4.90 Å². The fourth-order valence-electron chi connectivity index (χ4n) is 4.69. The number of benzene rings is 2. The van der Waals surface area contributed by atoms with Crippen molar-refractivity contribution < 1.29 is 18.3 Å². The lowest BCUT2D eigenvalue weighted by atomic mass is 9.77. The molecule has 1 saturated heterocycles. The molecule has 0 unspecified atom stereocenters. The van der Waals surface area contributed by atoms with E-state index in [1.807, 2.05) is 6.07 Å². The van der Waals surface area contributed by atoms with Gasteiger partial charge in [-0.3, -0.25) is 14.5 Å². The number of nitrogens with zero attached hydrogens (tertiary/aromatic N) is 2. The maximum Gasteiger partial charge on any atom is 0.264 e. The molecule has 0 spiro atoms. The molecule has 2 aromatic rings. The van der Waals surface area contributed by atoms with E-state index in [-0.39, 0.29) is 16.2 Å². The summed E-state index contributed by atoms with van der Waals surface area (Å²) < 4.78 is 28.4. The van der Waals surface area contributed by atoms with Gasteiger partial charge >= 0.3 is 0 Å². The number of likely N-dealkylation sites (tertiary alicyclic amines) is 1. The number of anilines is 1. The predicted octanol–water partition coefficient (Wildman–Crippen LogP) is 4.15. The zero-order valence-corrected chi connectivity index (χ0v) is 20.2. The van der Waals surface area contributed by atoms with Crippen LogP contribution in [-0.4, -0.2) is 49.2 Å². The molecule has 2 aromatic carbocycles. The Hall–Kier alpha value is -2.71. The number of aliphatic hydroxyl groups is 1. The van der Waals surface area contributed by atoms with E-state index in [9.17, 15) is 18.3 Å². The summed E-state index contributed by atoms with van der Waals surface area (Å²) in [6, 6.07) is 11.6. The van der Waals surface area contributed by atoms with E-state index >= 15 is 0 Å². The third kappa shape index (κ3) is 5.28. The first-order chi connectivity index (χ1) is 15.5. The van der Waals surface area contributed by atoms with Gasteiger partial charge in [-0.05, 0) is 60.6 Å². The van der Waals surface area contributed by atoms with Crippen molar-refractivity contribution in [2.24, 2.45) is 10.4 Å². The second-order valence-electron chi connectivity index (χ2n) is 10.2. The summed E-state index contributed by atoms with van der Waals surface area (Å²) in [4.78, 5) is 19.0. The van der Waals surface area contributed by atoms with E-state index in [1.165, 1.54) is 0 Å². The summed E-state index contributed by atoms with van der Waals surface area (Å²) in [5.74, 6) is -0.113. The number of carbonyl (C=O) groups excluding carboxylic acids is 1. The van der Waals surface area contributed by atoms with E-state index in [0.29, 0.717) is 55.7 Å². The molecule has 1 fully saturated rings. The Bertz CT molecular complexity index is 1170. The van der Waals surface area contributed by atoms with Gasteiger partial charge in [-0.15, -0.1) is 0 Å². The van der Waals surface area contributed by atoms with Crippen molar-refractivity contribution in [1.82, 2.24) is 4.90 Å². The number of sulfonamides is 1. The number of aliphatic imine (C=N–C) groups is 1. The van der Waals surface area contributed by atoms with Crippen molar-refractivity contribution in [3.8, 4) is 0 Å². The molecule has 0 atom stereocenters. The average Bonchev–Trinajstić information content (AvgIpc) is 3.21. The third-order valence-electron chi connectivity index (χ3n) is 6.13. The molecule has 176 valence electrons. The average molecular weight is 470 g/mol. The first-order valence-electron chi connectivity index (χ1n) is 11.2. The Balaban J connectivity index is 1.41. The smallest absolute Gasteiger partial charge is 0.264 e. The minimum atomic E-state index is -3.81. The number of para-hydroxylation sites is 1. The zero-order valence-electron chi connectivity index (χ0n) is 19.3. The van der Waals surface area contributed by atoms with Gasteiger partial charge in [0.25, 0.3) is 15.9 Å². The van der Waals surface area contributed by atoms with E-state index in [1.54, 1.807) is 47.5 Å². The van der Waals surface area contributed by atoms with Crippen LogP contribution in [0.1, 0.15) is 56.0 Å². The van der Waals surface area contributed by atoms with Crippen LogP contribution in [0.3, 0.4) is 0 Å². The van der Waals surface area contributed by atoms with Crippen LogP contribution >= 0.6 is 0 Å². The summed E-state index contributed by atoms with van der Waals surface area (Å²) in [7, 11) is -3.81. The second-order valence-corrected chi connectivity index (χ2v) is 11.9. The van der Waals surface area contributed by atoms with Crippen LogP contribution in [0.4, 0.5) is 11.4 Å². The van der Waals surface area contributed by atoms with E-state index in [2.05, 4.69) is 30.5 Å². The monoisotopic (exact) mass is 469 g/mol. The van der Waals surface area contributed by atoms with Crippen LogP contribution < -0.4 is 4.72 Å². The minimum Gasteiger partial charge on any atom is -0.390 e. The van der Waals surface area contributed by atoms with Crippen molar-refractivity contribution in [2.45, 2.75) is 57.0 Å². The molecule has 2 heterocycles. The molecule has 0 saturated carbocycles. The molecule has 7 nitrogen and oxygen atoms in total. The standard InChI is InChI=1S/C25H31N3O4S/c1-24(2,3)17-25(30)12-15-28(16-13-25)23(29)19-7-9-20(10-8-19)27-33(31,32)21-6-4-5-18-11-14-26-22(18)21/h4-10,14,27,30H,11-13,15-17H2,1-3H3. The number of piperidine rings is 1. The molecule has 0 bridgehead atoms. The SMILES string of the molecule is CC(C)(C)CC1(O)CCN(C(=O)c2ccc(NS(=O)(=O)c3cccc4c3N=CC4)cc2)CC1. The van der Waals surface area contributed by atoms with Crippen molar-refractivity contribution in [3.63, 3.8) is 0 Å². The van der Waals surface area contributed by atoms with Gasteiger partial charge in [-0.2, -0.15) is 0 Å². The van der Waals surface area contributed by atoms with Crippen LogP contribution in [0.5, 0.6) is 0 Å². The summed E-state index contributed by atoms with van der Waals surface area (Å²) in [6.45, 7) is 7.32. The number of amides is 1. The number of nitrogens with one attached hydrogen (secondary N) is 1. The van der Waals surface area contributed by atoms with Crippen molar-refractivity contribution >= 4 is 33.5 Å². The molecule has 2 aliphatic rings. The number of carbonyl (C=O) groups is 1. The quantitative estimate of drug-likeness (QED) is 0.687. The second kappa shape index (κ2) is 8.57. The molecule has 8 heteroatoms. The topological polar surface area (TPSA) is 99.1 Å². The molecular formula is C25H31N3O4S. The van der Waals surface area contributed by atoms with Gasteiger partial charge in [0.2, 0.25) is 0 Å². The lowest BCUT2D eigenvalue weighted by molar-refractivity contribution is -0.0436. The Kier molecular flexibility index (Phi) is 6.09. The first kappa shape index (κ1) is 23.4. The highest BCUT2D eigenvalue weighted by Crippen LogP contribution is 2.35. The molecule has 0 radical (unpaired) electrons. The van der Waals surface area contributed by atoms with Crippen molar-refractivity contribution in [1.29, 1.82) is 0 Å². The summed E-state index contributed by atoms with van der Waals surface area (Å²) >= 11 is 0. The Morgan fingerprint density at radius 3 is 2.42 bits per heavy atom. The third-order valence-corrected chi connectivity index (χ3v) is 7.54. The number of rotatable bonds is 5. The maximum atomic E-state index is 12.9. The summed E-state index contributed by atoms with van der Waals surface area (Å²) in [5, 5.41) is 10.9. The van der Waals surface area contributed by atoms with Crippen molar-refractivity contribution in [2.75, 3.05) is 17.8 Å². The highest BCUT2D eigenvalue weighted by atomic mass is 32.2. The van der Waals surface area contributed by atoms with E-state index in [4.69, 9.17) is 0 Å². The molecule has 0 aromatic heterocycles. The normalized spacial score (nSPS) is 17.6. The largest absolute Gasteiger partial charge is 0.390 e. The van der Waals surface area contributed by atoms with Gasteiger partial charge in [-0.25, -0.2) is 8.42 Å². The van der Waals surface area contributed by atoms with Gasteiger partial charge < -0.3 is 10.0 Å². The van der Waals surface area contributed by atoms with Gasteiger partial charge in [0.15, 0.2) is 0 Å². The molecule has 1 amide bonds. The molecule has 2 aliphatic heterocycles. The summed E-state index contributed by atoms with van der Waals surface area (Å²) in [5.41, 5.74) is 1.52. The van der Waals surface area contributed by atoms with Gasteiger partial charge in [0, 0.05) is 37.0 Å². The van der Waals surface area contributed by atoms with Gasteiger partial charge in [-0.1, -0.05) is 32.9 Å². The summed E-state index contributed by atoms with van der Waals surface area (Å²) in [6.07, 6.45) is 4.14. The molecule has 2 N–H and O–H groups in total. The maximum absolute atomic E-state index is 12.9. The van der Waals surface area contributed by atoms with E-state index in [0.717, 1.165) is 5.56 Å². The molecule has 4 rings (SSSR count). The molecular weight excluding hydrogens is 438 g/mol. The van der Waals surface area contributed by atoms with Crippen LogP contribution in [-0.2, 0) is 16.4 Å². The number of hydrogen-bond donors (Lipinski definition) is 2. The van der Waals surface area contributed by atoms with Crippen LogP contribution in [0.25, 0.3) is 0 Å². The lowest BCUT2D eigenvalue weighted by Crippen LogP contribution is -2.48. The van der Waals surface area contributed by atoms with Crippen molar-refractivity contribution in [3.05, 3.63) is 53.6 Å².